The molecule has 0 aliphatic heterocycles. The van der Waals surface area contributed by atoms with Gasteiger partial charge in [-0.2, -0.15) is 11.8 Å². The van der Waals surface area contributed by atoms with E-state index in [0.29, 0.717) is 10.8 Å². The van der Waals surface area contributed by atoms with Crippen molar-refractivity contribution in [1.29, 1.82) is 0 Å². The molecule has 0 aromatic carbocycles. The van der Waals surface area contributed by atoms with Crippen LogP contribution in [0.2, 0.25) is 0 Å². The molecule has 0 aromatic heterocycles. The fourth-order valence-electron chi connectivity index (χ4n) is 6.26. The first kappa shape index (κ1) is 25.6. The van der Waals surface area contributed by atoms with Gasteiger partial charge in [0.25, 0.3) is 0 Å². The molecule has 0 heterocycles. The number of hydrogen-bond acceptors (Lipinski definition) is 1. The quantitative estimate of drug-likeness (QED) is 0.198. The summed E-state index contributed by atoms with van der Waals surface area (Å²) in [6.07, 6.45) is 28.0. The Kier molecular flexibility index (Phi) is 12.1. The molecule has 2 fully saturated rings. The molecule has 0 amide bonds. The van der Waals surface area contributed by atoms with E-state index >= 15 is 0 Å². The van der Waals surface area contributed by atoms with Gasteiger partial charge >= 0.3 is 0 Å². The summed E-state index contributed by atoms with van der Waals surface area (Å²) in [5.41, 5.74) is 1.22. The van der Waals surface area contributed by atoms with Gasteiger partial charge < -0.3 is 0 Å². The first-order valence-electron chi connectivity index (χ1n) is 13.6. The molecule has 0 N–H and O–H groups in total. The van der Waals surface area contributed by atoms with E-state index < -0.39 is 0 Å². The van der Waals surface area contributed by atoms with Gasteiger partial charge in [0.15, 0.2) is 0 Å². The largest absolute Gasteiger partial charge is 0.158 e. The minimum Gasteiger partial charge on any atom is -0.158 e. The maximum atomic E-state index is 2.60. The van der Waals surface area contributed by atoms with Crippen LogP contribution < -0.4 is 0 Å². The smallest absolute Gasteiger partial charge is 0.0109 e. The van der Waals surface area contributed by atoms with Gasteiger partial charge in [0.1, 0.15) is 0 Å². The zero-order valence-corrected chi connectivity index (χ0v) is 21.5. The standard InChI is InChI=1S/C28H54S/c1-5-6-7-8-9-10-11-12-13-14-15-16-17-18-19-20-23-29-26-24-25-21-22-28(26,4)27(25,2)3/h25-26H,5-24H2,1-4H3. The van der Waals surface area contributed by atoms with Crippen LogP contribution in [0.4, 0.5) is 0 Å². The molecule has 0 saturated heterocycles. The predicted molar refractivity (Wildman–Crippen MR) is 135 cm³/mol. The van der Waals surface area contributed by atoms with Crippen molar-refractivity contribution in [3.8, 4) is 0 Å². The number of fused-ring (bicyclic) bond motifs is 2. The lowest BCUT2D eigenvalue weighted by Crippen LogP contribution is -2.34. The summed E-state index contributed by atoms with van der Waals surface area (Å²) < 4.78 is 0. The first-order chi connectivity index (χ1) is 14.0. The molecular formula is C28H54S. The molecule has 2 rings (SSSR count). The minimum atomic E-state index is 0.597. The topological polar surface area (TPSA) is 0 Å². The van der Waals surface area contributed by atoms with E-state index in [1.54, 1.807) is 0 Å². The molecular weight excluding hydrogens is 368 g/mol. The molecule has 0 spiro atoms. The molecule has 2 aliphatic carbocycles. The lowest BCUT2D eigenvalue weighted by molar-refractivity contribution is 0.156. The summed E-state index contributed by atoms with van der Waals surface area (Å²) in [4.78, 5) is 0. The van der Waals surface area contributed by atoms with Gasteiger partial charge in [-0.15, -0.1) is 0 Å². The first-order valence-corrected chi connectivity index (χ1v) is 14.7. The van der Waals surface area contributed by atoms with Crippen molar-refractivity contribution in [3.05, 3.63) is 0 Å². The third kappa shape index (κ3) is 7.76. The molecule has 29 heavy (non-hydrogen) atoms. The number of thioether (sulfide) groups is 1. The molecule has 0 radical (unpaired) electrons. The number of rotatable bonds is 18. The normalized spacial score (nSPS) is 27.7. The summed E-state index contributed by atoms with van der Waals surface area (Å²) in [6, 6.07) is 0. The maximum Gasteiger partial charge on any atom is 0.0109 e. The van der Waals surface area contributed by atoms with Crippen LogP contribution in [-0.2, 0) is 0 Å². The highest BCUT2D eigenvalue weighted by molar-refractivity contribution is 7.99. The van der Waals surface area contributed by atoms with Crippen molar-refractivity contribution < 1.29 is 0 Å². The maximum absolute atomic E-state index is 2.60. The SMILES string of the molecule is CCCCCCCCCCCCCCCCCCSC1CC2CCC1(C)C2(C)C. The van der Waals surface area contributed by atoms with E-state index in [-0.39, 0.29) is 0 Å². The summed E-state index contributed by atoms with van der Waals surface area (Å²) in [5, 5.41) is 0.951. The van der Waals surface area contributed by atoms with Crippen molar-refractivity contribution in [2.75, 3.05) is 5.75 Å². The summed E-state index contributed by atoms with van der Waals surface area (Å²) in [7, 11) is 0. The molecule has 1 heteroatoms. The zero-order chi connectivity index (χ0) is 21.0. The van der Waals surface area contributed by atoms with E-state index in [2.05, 4.69) is 39.5 Å². The van der Waals surface area contributed by atoms with E-state index in [1.165, 1.54) is 128 Å². The predicted octanol–water partition coefficient (Wildman–Crippen LogP) is 10.2. The van der Waals surface area contributed by atoms with Crippen molar-refractivity contribution in [2.24, 2.45) is 16.7 Å². The molecule has 2 saturated carbocycles. The molecule has 0 aromatic rings. The summed E-state index contributed by atoms with van der Waals surface area (Å²) in [5.74, 6) is 2.43. The Hall–Kier alpha value is 0.350. The molecule has 2 aliphatic rings. The van der Waals surface area contributed by atoms with Crippen molar-refractivity contribution in [2.45, 2.75) is 155 Å². The third-order valence-electron chi connectivity index (χ3n) is 9.03. The van der Waals surface area contributed by atoms with Crippen molar-refractivity contribution in [1.82, 2.24) is 0 Å². The van der Waals surface area contributed by atoms with Crippen LogP contribution in [-0.4, -0.2) is 11.0 Å². The monoisotopic (exact) mass is 422 g/mol. The number of unbranched alkanes of at least 4 members (excludes halogenated alkanes) is 15. The molecule has 0 nitrogen and oxygen atoms in total. The van der Waals surface area contributed by atoms with Crippen LogP contribution in [0.3, 0.4) is 0 Å². The molecule has 2 bridgehead atoms. The zero-order valence-electron chi connectivity index (χ0n) is 20.7. The number of hydrogen-bond donors (Lipinski definition) is 0. The molecule has 172 valence electrons. The van der Waals surface area contributed by atoms with E-state index in [4.69, 9.17) is 0 Å². The van der Waals surface area contributed by atoms with Gasteiger partial charge in [-0.1, -0.05) is 124 Å². The van der Waals surface area contributed by atoms with Crippen LogP contribution >= 0.6 is 11.8 Å². The van der Waals surface area contributed by atoms with Gasteiger partial charge in [-0.05, 0) is 48.2 Å². The minimum absolute atomic E-state index is 0.597. The fourth-order valence-corrected chi connectivity index (χ4v) is 8.07. The second kappa shape index (κ2) is 13.7. The van der Waals surface area contributed by atoms with E-state index in [0.717, 1.165) is 11.2 Å². The summed E-state index contributed by atoms with van der Waals surface area (Å²) >= 11 is 2.33. The highest BCUT2D eigenvalue weighted by atomic mass is 32.2. The average molecular weight is 423 g/mol. The van der Waals surface area contributed by atoms with Crippen molar-refractivity contribution >= 4 is 11.8 Å². The van der Waals surface area contributed by atoms with E-state index in [9.17, 15) is 0 Å². The highest BCUT2D eigenvalue weighted by Gasteiger charge is 2.61. The Balaban J connectivity index is 1.31. The third-order valence-corrected chi connectivity index (χ3v) is 10.7. The Morgan fingerprint density at radius 2 is 1.10 bits per heavy atom. The van der Waals surface area contributed by atoms with Gasteiger partial charge in [0, 0.05) is 5.25 Å². The Labute approximate surface area is 189 Å². The second-order valence-corrected chi connectivity index (χ2v) is 12.6. The molecule has 3 atom stereocenters. The molecule has 3 unspecified atom stereocenters. The fraction of sp³-hybridized carbons (Fsp3) is 1.00. The van der Waals surface area contributed by atoms with Crippen LogP contribution in [0.1, 0.15) is 150 Å². The van der Waals surface area contributed by atoms with Gasteiger partial charge in [-0.25, -0.2) is 0 Å². The Morgan fingerprint density at radius 1 is 0.655 bits per heavy atom. The average Bonchev–Trinajstić information content (AvgIpc) is 3.04. The second-order valence-electron chi connectivity index (χ2n) is 11.3. The Bertz CT molecular complexity index is 415. The lowest BCUT2D eigenvalue weighted by atomic mass is 9.71. The van der Waals surface area contributed by atoms with Crippen LogP contribution in [0.15, 0.2) is 0 Å². The van der Waals surface area contributed by atoms with Crippen LogP contribution in [0.25, 0.3) is 0 Å². The highest BCUT2D eigenvalue weighted by Crippen LogP contribution is 2.68. The van der Waals surface area contributed by atoms with Crippen LogP contribution in [0, 0.1) is 16.7 Å². The van der Waals surface area contributed by atoms with Crippen LogP contribution in [0.5, 0.6) is 0 Å². The van der Waals surface area contributed by atoms with E-state index in [1.807, 2.05) is 0 Å². The summed E-state index contributed by atoms with van der Waals surface area (Å²) in [6.45, 7) is 10.0. The lowest BCUT2D eigenvalue weighted by Gasteiger charge is -2.39. The Morgan fingerprint density at radius 3 is 1.48 bits per heavy atom. The van der Waals surface area contributed by atoms with Crippen molar-refractivity contribution in [3.63, 3.8) is 0 Å². The van der Waals surface area contributed by atoms with Gasteiger partial charge in [0.05, 0.1) is 0 Å². The van der Waals surface area contributed by atoms with Gasteiger partial charge in [-0.3, -0.25) is 0 Å². The van der Waals surface area contributed by atoms with Gasteiger partial charge in [0.2, 0.25) is 0 Å².